The number of hydrogen-bond donors (Lipinski definition) is 0. The highest BCUT2D eigenvalue weighted by Crippen LogP contribution is 2.34. The normalized spacial score (nSPS) is 19.3. The van der Waals surface area contributed by atoms with Crippen molar-refractivity contribution in [3.8, 4) is 11.5 Å². The molecule has 0 radical (unpaired) electrons. The third-order valence-electron chi connectivity index (χ3n) is 3.12. The van der Waals surface area contributed by atoms with E-state index in [2.05, 4.69) is 4.90 Å². The van der Waals surface area contributed by atoms with Gasteiger partial charge in [-0.3, -0.25) is 4.79 Å². The molecule has 17 heavy (non-hydrogen) atoms. The van der Waals surface area contributed by atoms with Crippen molar-refractivity contribution in [3.05, 3.63) is 18.2 Å². The van der Waals surface area contributed by atoms with E-state index in [0.717, 1.165) is 30.2 Å². The predicted molar refractivity (Wildman–Crippen MR) is 63.9 cm³/mol. The fourth-order valence-corrected chi connectivity index (χ4v) is 2.20. The van der Waals surface area contributed by atoms with E-state index in [1.165, 1.54) is 0 Å². The molecule has 2 heterocycles. The Bertz CT molecular complexity index is 444. The number of ketones is 1. The lowest BCUT2D eigenvalue weighted by Crippen LogP contribution is -2.19. The van der Waals surface area contributed by atoms with Crippen LogP contribution < -0.4 is 14.4 Å². The smallest absolute Gasteiger partial charge is 0.163 e. The van der Waals surface area contributed by atoms with Crippen molar-refractivity contribution in [1.82, 2.24) is 0 Å². The van der Waals surface area contributed by atoms with Crippen LogP contribution in [-0.2, 0) is 4.79 Å². The summed E-state index contributed by atoms with van der Waals surface area (Å²) in [4.78, 5) is 13.4. The number of carbonyl (C=O) groups excluding carboxylic acids is 1. The summed E-state index contributed by atoms with van der Waals surface area (Å²) in [6.45, 7) is 2.71. The first-order valence-corrected chi connectivity index (χ1v) is 5.99. The molecule has 1 fully saturated rings. The number of carbonyl (C=O) groups is 1. The van der Waals surface area contributed by atoms with E-state index in [0.29, 0.717) is 32.0 Å². The van der Waals surface area contributed by atoms with Crippen molar-refractivity contribution in [2.45, 2.75) is 12.8 Å². The average Bonchev–Trinajstić information content (AvgIpc) is 2.64. The van der Waals surface area contributed by atoms with Gasteiger partial charge in [0.25, 0.3) is 0 Å². The third-order valence-corrected chi connectivity index (χ3v) is 3.12. The number of nitrogens with zero attached hydrogens (tertiary/aromatic N) is 1. The zero-order valence-corrected chi connectivity index (χ0v) is 9.65. The van der Waals surface area contributed by atoms with E-state index >= 15 is 0 Å². The van der Waals surface area contributed by atoms with Gasteiger partial charge in [0.05, 0.1) is 19.8 Å². The van der Waals surface area contributed by atoms with Crippen LogP contribution in [0, 0.1) is 0 Å². The quantitative estimate of drug-likeness (QED) is 0.739. The van der Waals surface area contributed by atoms with Crippen molar-refractivity contribution < 1.29 is 14.3 Å². The van der Waals surface area contributed by atoms with Crippen LogP contribution in [0.15, 0.2) is 18.2 Å². The van der Waals surface area contributed by atoms with Crippen LogP contribution in [0.1, 0.15) is 12.8 Å². The molecular formula is C13H15NO3. The van der Waals surface area contributed by atoms with E-state index in [-0.39, 0.29) is 0 Å². The van der Waals surface area contributed by atoms with Crippen molar-refractivity contribution in [3.63, 3.8) is 0 Å². The van der Waals surface area contributed by atoms with E-state index in [1.54, 1.807) is 0 Å². The maximum atomic E-state index is 11.3. The van der Waals surface area contributed by atoms with Gasteiger partial charge in [0.15, 0.2) is 17.3 Å². The van der Waals surface area contributed by atoms with Crippen molar-refractivity contribution in [1.29, 1.82) is 0 Å². The van der Waals surface area contributed by atoms with Crippen LogP contribution in [-0.4, -0.2) is 32.1 Å². The highest BCUT2D eigenvalue weighted by molar-refractivity contribution is 5.87. The molecule has 0 spiro atoms. The Morgan fingerprint density at radius 3 is 2.71 bits per heavy atom. The first kappa shape index (κ1) is 10.4. The molecule has 4 nitrogen and oxygen atoms in total. The van der Waals surface area contributed by atoms with Gasteiger partial charge in [-0.2, -0.15) is 0 Å². The number of Topliss-reactive ketones (excluding diaryl/α,β-unsaturated/α-hetero) is 1. The Morgan fingerprint density at radius 1 is 1.12 bits per heavy atom. The highest BCUT2D eigenvalue weighted by Gasteiger charge is 2.21. The molecule has 1 aromatic carbocycles. The fraction of sp³-hybridized carbons (Fsp3) is 0.462. The van der Waals surface area contributed by atoms with Gasteiger partial charge in [-0.15, -0.1) is 0 Å². The number of ether oxygens (including phenoxy) is 2. The summed E-state index contributed by atoms with van der Waals surface area (Å²) in [5.41, 5.74) is 1.04. The Labute approximate surface area is 100 Å². The second-order valence-corrected chi connectivity index (χ2v) is 4.39. The number of fused-ring (bicyclic) bond motifs is 1. The molecule has 3 rings (SSSR count). The summed E-state index contributed by atoms with van der Waals surface area (Å²) in [6, 6.07) is 5.89. The molecule has 4 heteroatoms. The van der Waals surface area contributed by atoms with Gasteiger partial charge in [-0.25, -0.2) is 0 Å². The zero-order valence-electron chi connectivity index (χ0n) is 9.65. The predicted octanol–water partition coefficient (Wildman–Crippen LogP) is 1.63. The van der Waals surface area contributed by atoms with E-state index in [1.807, 2.05) is 18.2 Å². The van der Waals surface area contributed by atoms with Crippen LogP contribution in [0.5, 0.6) is 11.5 Å². The number of hydrogen-bond acceptors (Lipinski definition) is 4. The van der Waals surface area contributed by atoms with Gasteiger partial charge in [0.1, 0.15) is 0 Å². The van der Waals surface area contributed by atoms with Gasteiger partial charge in [-0.05, 0) is 12.1 Å². The van der Waals surface area contributed by atoms with Gasteiger partial charge < -0.3 is 14.4 Å². The second kappa shape index (κ2) is 4.28. The minimum Gasteiger partial charge on any atom is -0.490 e. The molecule has 90 valence electrons. The first-order chi connectivity index (χ1) is 8.33. The minimum atomic E-state index is 0.303. The minimum absolute atomic E-state index is 0.303. The molecular weight excluding hydrogens is 218 g/mol. The van der Waals surface area contributed by atoms with Crippen molar-refractivity contribution in [2.75, 3.05) is 31.2 Å². The van der Waals surface area contributed by atoms with Crippen LogP contribution in [0.3, 0.4) is 0 Å². The molecule has 1 aromatic rings. The molecule has 1 saturated heterocycles. The van der Waals surface area contributed by atoms with E-state index in [4.69, 9.17) is 9.47 Å². The van der Waals surface area contributed by atoms with E-state index in [9.17, 15) is 4.79 Å². The summed E-state index contributed by atoms with van der Waals surface area (Å²) in [6.07, 6.45) is 1.56. The Morgan fingerprint density at radius 2 is 1.94 bits per heavy atom. The standard InChI is InChI=1S/C13H15NO3/c15-11-4-5-14(9-11)10-2-3-12-13(8-10)17-7-1-6-16-12/h2-3,8H,1,4-7,9H2. The topological polar surface area (TPSA) is 38.8 Å². The second-order valence-electron chi connectivity index (χ2n) is 4.39. The first-order valence-electron chi connectivity index (χ1n) is 5.99. The van der Waals surface area contributed by atoms with Crippen LogP contribution in [0.4, 0.5) is 5.69 Å². The molecule has 2 aliphatic rings. The van der Waals surface area contributed by atoms with Gasteiger partial charge >= 0.3 is 0 Å². The number of rotatable bonds is 1. The molecule has 0 amide bonds. The summed E-state index contributed by atoms with van der Waals surface area (Å²) in [7, 11) is 0. The summed E-state index contributed by atoms with van der Waals surface area (Å²) in [5, 5.41) is 0. The largest absolute Gasteiger partial charge is 0.490 e. The van der Waals surface area contributed by atoms with Crippen LogP contribution in [0.25, 0.3) is 0 Å². The summed E-state index contributed by atoms with van der Waals surface area (Å²) in [5.74, 6) is 1.90. The van der Waals surface area contributed by atoms with E-state index < -0.39 is 0 Å². The average molecular weight is 233 g/mol. The van der Waals surface area contributed by atoms with Crippen LogP contribution in [0.2, 0.25) is 0 Å². The Kier molecular flexibility index (Phi) is 2.63. The maximum Gasteiger partial charge on any atom is 0.163 e. The summed E-state index contributed by atoms with van der Waals surface area (Å²) >= 11 is 0. The Balaban J connectivity index is 1.87. The maximum absolute atomic E-state index is 11.3. The molecule has 0 bridgehead atoms. The van der Waals surface area contributed by atoms with Crippen molar-refractivity contribution >= 4 is 11.5 Å². The molecule has 0 saturated carbocycles. The van der Waals surface area contributed by atoms with Gasteiger partial charge in [0, 0.05) is 31.1 Å². The van der Waals surface area contributed by atoms with Crippen molar-refractivity contribution in [2.24, 2.45) is 0 Å². The lowest BCUT2D eigenvalue weighted by Gasteiger charge is -2.18. The molecule has 0 aliphatic carbocycles. The number of anilines is 1. The monoisotopic (exact) mass is 233 g/mol. The molecule has 0 unspecified atom stereocenters. The van der Waals surface area contributed by atoms with Crippen LogP contribution >= 0.6 is 0 Å². The highest BCUT2D eigenvalue weighted by atomic mass is 16.5. The fourth-order valence-electron chi connectivity index (χ4n) is 2.20. The molecule has 0 aromatic heterocycles. The van der Waals surface area contributed by atoms with Gasteiger partial charge in [0.2, 0.25) is 0 Å². The lowest BCUT2D eigenvalue weighted by atomic mass is 10.2. The third kappa shape index (κ3) is 2.07. The zero-order chi connectivity index (χ0) is 11.7. The Hall–Kier alpha value is -1.71. The SMILES string of the molecule is O=C1CCN(c2ccc3c(c2)OCCCO3)C1. The molecule has 0 N–H and O–H groups in total. The number of benzene rings is 1. The summed E-state index contributed by atoms with van der Waals surface area (Å²) < 4.78 is 11.2. The van der Waals surface area contributed by atoms with Gasteiger partial charge in [-0.1, -0.05) is 0 Å². The molecule has 0 atom stereocenters. The lowest BCUT2D eigenvalue weighted by molar-refractivity contribution is -0.116. The molecule has 2 aliphatic heterocycles.